The number of carboxylic acid groups (broad SMARTS) is 1. The van der Waals surface area contributed by atoms with Crippen LogP contribution < -0.4 is 4.74 Å². The molecule has 3 aromatic rings. The number of benzene rings is 1. The van der Waals surface area contributed by atoms with Crippen LogP contribution in [-0.4, -0.2) is 20.5 Å². The van der Waals surface area contributed by atoms with E-state index in [-0.39, 0.29) is 12.3 Å². The monoisotopic (exact) mass is 346 g/mol. The zero-order chi connectivity index (χ0) is 14.8. The second-order valence-corrected chi connectivity index (χ2v) is 5.21. The average Bonchev–Trinajstić information content (AvgIpc) is 2.87. The molecule has 0 aliphatic carbocycles. The predicted octanol–water partition coefficient (Wildman–Crippen LogP) is 3.37. The summed E-state index contributed by atoms with van der Waals surface area (Å²) in [6.45, 7) is 0.189. The van der Waals surface area contributed by atoms with Gasteiger partial charge in [0.1, 0.15) is 12.4 Å². The molecule has 0 spiro atoms. The highest BCUT2D eigenvalue weighted by molar-refractivity contribution is 9.10. The summed E-state index contributed by atoms with van der Waals surface area (Å²) < 4.78 is 8.04. The Bertz CT molecular complexity index is 799. The largest absolute Gasteiger partial charge is 0.486 e. The molecule has 106 valence electrons. The van der Waals surface area contributed by atoms with Gasteiger partial charge < -0.3 is 9.84 Å². The molecule has 0 saturated heterocycles. The summed E-state index contributed by atoms with van der Waals surface area (Å²) in [5.41, 5.74) is 0.533. The molecule has 0 radical (unpaired) electrons. The van der Waals surface area contributed by atoms with Crippen molar-refractivity contribution in [3.8, 4) is 5.75 Å². The summed E-state index contributed by atoms with van der Waals surface area (Å²) in [4.78, 5) is 15.5. The third kappa shape index (κ3) is 2.62. The van der Waals surface area contributed by atoms with E-state index < -0.39 is 5.97 Å². The van der Waals surface area contributed by atoms with Gasteiger partial charge in [-0.1, -0.05) is 18.2 Å². The molecule has 2 aromatic heterocycles. The van der Waals surface area contributed by atoms with Crippen LogP contribution >= 0.6 is 15.9 Å². The number of para-hydroxylation sites is 1. The minimum absolute atomic E-state index is 0.00846. The van der Waals surface area contributed by atoms with Crippen molar-refractivity contribution in [3.63, 3.8) is 0 Å². The molecule has 0 unspecified atom stereocenters. The molecule has 1 aromatic carbocycles. The Morgan fingerprint density at radius 1 is 1.24 bits per heavy atom. The third-order valence-electron chi connectivity index (χ3n) is 3.00. The van der Waals surface area contributed by atoms with E-state index in [1.807, 2.05) is 36.4 Å². The Hall–Kier alpha value is -2.34. The number of carboxylic acids is 1. The standard InChI is InChI=1S/C15H11BrN2O3/c16-11-7-4-8-18-12(17-13(14(11)18)15(19)20)9-21-10-5-2-1-3-6-10/h1-8H,9H2,(H,19,20). The number of hydrogen-bond acceptors (Lipinski definition) is 3. The Morgan fingerprint density at radius 3 is 2.71 bits per heavy atom. The van der Waals surface area contributed by atoms with Crippen molar-refractivity contribution >= 4 is 27.4 Å². The van der Waals surface area contributed by atoms with Crippen LogP contribution in [0.3, 0.4) is 0 Å². The molecule has 21 heavy (non-hydrogen) atoms. The summed E-state index contributed by atoms with van der Waals surface area (Å²) in [7, 11) is 0. The van der Waals surface area contributed by atoms with Gasteiger partial charge in [-0.25, -0.2) is 9.78 Å². The van der Waals surface area contributed by atoms with Crippen LogP contribution in [0.1, 0.15) is 16.3 Å². The SMILES string of the molecule is O=C(O)c1nc(COc2ccccc2)n2cccc(Br)c12. The quantitative estimate of drug-likeness (QED) is 0.786. The van der Waals surface area contributed by atoms with Gasteiger partial charge in [-0.15, -0.1) is 0 Å². The minimum atomic E-state index is -1.06. The maximum Gasteiger partial charge on any atom is 0.356 e. The molecule has 6 heteroatoms. The molecular formula is C15H11BrN2O3. The Kier molecular flexibility index (Phi) is 3.62. The van der Waals surface area contributed by atoms with Crippen LogP contribution in [0.4, 0.5) is 0 Å². The summed E-state index contributed by atoms with van der Waals surface area (Å²) in [5.74, 6) is 0.180. The highest BCUT2D eigenvalue weighted by Gasteiger charge is 2.18. The van der Waals surface area contributed by atoms with Crippen LogP contribution in [-0.2, 0) is 6.61 Å². The van der Waals surface area contributed by atoms with Crippen LogP contribution in [0, 0.1) is 0 Å². The number of ether oxygens (including phenoxy) is 1. The van der Waals surface area contributed by atoms with E-state index in [1.165, 1.54) is 0 Å². The minimum Gasteiger partial charge on any atom is -0.486 e. The van der Waals surface area contributed by atoms with Crippen LogP contribution in [0.5, 0.6) is 5.75 Å². The summed E-state index contributed by atoms with van der Waals surface area (Å²) in [5, 5.41) is 9.27. The third-order valence-corrected chi connectivity index (χ3v) is 3.64. The van der Waals surface area contributed by atoms with E-state index >= 15 is 0 Å². The molecule has 0 fully saturated rings. The van der Waals surface area contributed by atoms with E-state index in [0.717, 1.165) is 0 Å². The van der Waals surface area contributed by atoms with Gasteiger partial charge >= 0.3 is 5.97 Å². The van der Waals surface area contributed by atoms with E-state index in [0.29, 0.717) is 21.6 Å². The number of halogens is 1. The lowest BCUT2D eigenvalue weighted by molar-refractivity contribution is 0.0693. The Morgan fingerprint density at radius 2 is 2.00 bits per heavy atom. The van der Waals surface area contributed by atoms with Crippen molar-refractivity contribution in [2.75, 3.05) is 0 Å². The first-order valence-corrected chi connectivity index (χ1v) is 7.02. The number of pyridine rings is 1. The van der Waals surface area contributed by atoms with Crippen molar-refractivity contribution in [2.45, 2.75) is 6.61 Å². The van der Waals surface area contributed by atoms with Gasteiger partial charge in [0.15, 0.2) is 11.5 Å². The fourth-order valence-corrected chi connectivity index (χ4v) is 2.61. The van der Waals surface area contributed by atoms with Crippen molar-refractivity contribution in [3.05, 3.63) is 64.7 Å². The fraction of sp³-hybridized carbons (Fsp3) is 0.0667. The highest BCUT2D eigenvalue weighted by Crippen LogP contribution is 2.23. The lowest BCUT2D eigenvalue weighted by Gasteiger charge is -2.05. The molecular weight excluding hydrogens is 336 g/mol. The number of aromatic carboxylic acids is 1. The van der Waals surface area contributed by atoms with Crippen LogP contribution in [0.2, 0.25) is 0 Å². The maximum atomic E-state index is 11.3. The van der Waals surface area contributed by atoms with Crippen molar-refractivity contribution < 1.29 is 14.6 Å². The summed E-state index contributed by atoms with van der Waals surface area (Å²) in [6, 6.07) is 12.9. The zero-order valence-electron chi connectivity index (χ0n) is 10.9. The molecule has 1 N–H and O–H groups in total. The molecule has 0 bridgehead atoms. The van der Waals surface area contributed by atoms with E-state index in [9.17, 15) is 9.90 Å². The average molecular weight is 347 g/mol. The van der Waals surface area contributed by atoms with E-state index in [4.69, 9.17) is 4.74 Å². The number of nitrogens with zero attached hydrogens (tertiary/aromatic N) is 2. The zero-order valence-corrected chi connectivity index (χ0v) is 12.4. The van der Waals surface area contributed by atoms with Gasteiger partial charge in [0.25, 0.3) is 0 Å². The van der Waals surface area contributed by atoms with Gasteiger partial charge in [-0.2, -0.15) is 0 Å². The first-order chi connectivity index (χ1) is 10.2. The topological polar surface area (TPSA) is 63.8 Å². The van der Waals surface area contributed by atoms with Gasteiger partial charge in [0.05, 0.1) is 5.52 Å². The molecule has 0 atom stereocenters. The Balaban J connectivity index is 1.99. The number of imidazole rings is 1. The predicted molar refractivity (Wildman–Crippen MR) is 80.6 cm³/mol. The smallest absolute Gasteiger partial charge is 0.356 e. The number of fused-ring (bicyclic) bond motifs is 1. The second kappa shape index (κ2) is 5.57. The number of carbonyl (C=O) groups is 1. The first kappa shape index (κ1) is 13.6. The molecule has 0 aliphatic rings. The number of hydrogen-bond donors (Lipinski definition) is 1. The summed E-state index contributed by atoms with van der Waals surface area (Å²) in [6.07, 6.45) is 1.77. The van der Waals surface area contributed by atoms with Gasteiger partial charge in [0, 0.05) is 10.7 Å². The van der Waals surface area contributed by atoms with Crippen LogP contribution in [0.25, 0.3) is 5.52 Å². The lowest BCUT2D eigenvalue weighted by Crippen LogP contribution is -2.01. The molecule has 0 amide bonds. The van der Waals surface area contributed by atoms with Crippen molar-refractivity contribution in [1.29, 1.82) is 0 Å². The molecule has 5 nitrogen and oxygen atoms in total. The lowest BCUT2D eigenvalue weighted by atomic mass is 10.3. The molecule has 3 rings (SSSR count). The number of aromatic nitrogens is 2. The molecule has 2 heterocycles. The van der Waals surface area contributed by atoms with Crippen LogP contribution in [0.15, 0.2) is 53.1 Å². The van der Waals surface area contributed by atoms with E-state index in [1.54, 1.807) is 16.7 Å². The molecule has 0 aliphatic heterocycles. The van der Waals surface area contributed by atoms with Gasteiger partial charge in [0.2, 0.25) is 0 Å². The fourth-order valence-electron chi connectivity index (χ4n) is 2.08. The maximum absolute atomic E-state index is 11.3. The van der Waals surface area contributed by atoms with Gasteiger partial charge in [-0.05, 0) is 40.2 Å². The van der Waals surface area contributed by atoms with Crippen molar-refractivity contribution in [2.24, 2.45) is 0 Å². The Labute approximate surface area is 128 Å². The first-order valence-electron chi connectivity index (χ1n) is 6.23. The number of rotatable bonds is 4. The van der Waals surface area contributed by atoms with E-state index in [2.05, 4.69) is 20.9 Å². The summed E-state index contributed by atoms with van der Waals surface area (Å²) >= 11 is 3.36. The molecule has 0 saturated carbocycles. The second-order valence-electron chi connectivity index (χ2n) is 4.36. The van der Waals surface area contributed by atoms with Gasteiger partial charge in [-0.3, -0.25) is 4.40 Å². The van der Waals surface area contributed by atoms with Crippen molar-refractivity contribution in [1.82, 2.24) is 9.38 Å². The normalized spacial score (nSPS) is 10.7. The highest BCUT2D eigenvalue weighted by atomic mass is 79.9.